The van der Waals surface area contributed by atoms with Gasteiger partial charge in [-0.05, 0) is 26.0 Å². The lowest BCUT2D eigenvalue weighted by atomic mass is 10.1. The minimum absolute atomic E-state index is 0.0588. The van der Waals surface area contributed by atoms with E-state index in [1.807, 2.05) is 0 Å². The van der Waals surface area contributed by atoms with Gasteiger partial charge in [0.1, 0.15) is 0 Å². The van der Waals surface area contributed by atoms with Gasteiger partial charge in [0, 0.05) is 11.8 Å². The maximum atomic E-state index is 13.4. The molecule has 12 heteroatoms. The van der Waals surface area contributed by atoms with Crippen molar-refractivity contribution >= 4 is 17.5 Å². The van der Waals surface area contributed by atoms with E-state index in [4.69, 9.17) is 5.73 Å². The Balaban J connectivity index is 2.10. The Bertz CT molecular complexity index is 1210. The fourth-order valence-electron chi connectivity index (χ4n) is 2.78. The summed E-state index contributed by atoms with van der Waals surface area (Å²) >= 11 is 0. The molecule has 0 unspecified atom stereocenters. The number of hydrogen-bond acceptors (Lipinski definition) is 5. The average Bonchev–Trinajstić information content (AvgIpc) is 3.01. The fraction of sp³-hybridized carbons (Fsp3) is 0.167. The van der Waals surface area contributed by atoms with Gasteiger partial charge in [0.05, 0.1) is 22.6 Å². The summed E-state index contributed by atoms with van der Waals surface area (Å²) in [6.45, 7) is 2.88. The lowest BCUT2D eigenvalue weighted by Crippen LogP contribution is -2.28. The summed E-state index contributed by atoms with van der Waals surface area (Å²) in [5.74, 6) is -1.96. The van der Waals surface area contributed by atoms with Gasteiger partial charge >= 0.3 is 6.18 Å². The molecule has 0 saturated heterocycles. The van der Waals surface area contributed by atoms with Crippen LogP contribution in [0.4, 0.5) is 18.9 Å². The summed E-state index contributed by atoms with van der Waals surface area (Å²) in [7, 11) is 0. The van der Waals surface area contributed by atoms with Crippen molar-refractivity contribution < 1.29 is 22.8 Å². The molecule has 2 amide bonds. The second-order valence-corrected chi connectivity index (χ2v) is 6.32. The maximum Gasteiger partial charge on any atom is 0.418 e. The molecule has 3 aromatic rings. The molecule has 0 spiro atoms. The molecule has 0 atom stereocenters. The summed E-state index contributed by atoms with van der Waals surface area (Å²) < 4.78 is 41.0. The Hall–Kier alpha value is -3.96. The highest BCUT2D eigenvalue weighted by atomic mass is 19.4. The van der Waals surface area contributed by atoms with Crippen LogP contribution in [-0.2, 0) is 6.18 Å². The van der Waals surface area contributed by atoms with Crippen molar-refractivity contribution in [3.8, 4) is 5.69 Å². The molecule has 1 aromatic carbocycles. The highest BCUT2D eigenvalue weighted by molar-refractivity contribution is 6.07. The molecule has 2 aromatic heterocycles. The highest BCUT2D eigenvalue weighted by Gasteiger charge is 2.34. The molecule has 4 N–H and O–H groups in total. The van der Waals surface area contributed by atoms with Gasteiger partial charge in [0.25, 0.3) is 11.8 Å². The third-order valence-electron chi connectivity index (χ3n) is 4.18. The number of hydrogen-bond donors (Lipinski definition) is 3. The first-order chi connectivity index (χ1) is 14.0. The van der Waals surface area contributed by atoms with Crippen LogP contribution in [0, 0.1) is 13.8 Å². The predicted molar refractivity (Wildman–Crippen MR) is 99.4 cm³/mol. The van der Waals surface area contributed by atoms with Crippen LogP contribution in [0.1, 0.15) is 37.9 Å². The van der Waals surface area contributed by atoms with E-state index in [9.17, 15) is 27.6 Å². The molecule has 30 heavy (non-hydrogen) atoms. The summed E-state index contributed by atoms with van der Waals surface area (Å²) in [6.07, 6.45) is -4.68. The lowest BCUT2D eigenvalue weighted by Gasteiger charge is -2.16. The summed E-state index contributed by atoms with van der Waals surface area (Å²) in [6, 6.07) is 5.61. The second kappa shape index (κ2) is 7.46. The Labute approximate surface area is 166 Å². The molecular weight excluding hydrogens is 405 g/mol. The van der Waals surface area contributed by atoms with Crippen LogP contribution in [0.15, 0.2) is 35.1 Å². The number of anilines is 1. The Morgan fingerprint density at radius 2 is 1.83 bits per heavy atom. The normalized spacial score (nSPS) is 11.4. The van der Waals surface area contributed by atoms with E-state index in [-0.39, 0.29) is 28.5 Å². The number of carbonyl (C=O) groups excluding carboxylic acids is 2. The molecule has 0 radical (unpaired) electrons. The van der Waals surface area contributed by atoms with Gasteiger partial charge < -0.3 is 11.1 Å². The van der Waals surface area contributed by atoms with E-state index in [2.05, 4.69) is 20.6 Å². The average molecular weight is 420 g/mol. The number of carbonyl (C=O) groups is 2. The van der Waals surface area contributed by atoms with Gasteiger partial charge in [-0.15, -0.1) is 0 Å². The zero-order valence-electron chi connectivity index (χ0n) is 15.7. The number of aryl methyl sites for hydroxylation is 2. The molecule has 0 fully saturated rings. The smallest absolute Gasteiger partial charge is 0.364 e. The molecule has 3 rings (SSSR count). The Kier molecular flexibility index (Phi) is 5.16. The molecule has 2 heterocycles. The first-order valence-corrected chi connectivity index (χ1v) is 8.44. The molecule has 0 bridgehead atoms. The van der Waals surface area contributed by atoms with E-state index in [0.717, 1.165) is 16.8 Å². The van der Waals surface area contributed by atoms with Crippen LogP contribution in [0.2, 0.25) is 0 Å². The predicted octanol–water partition coefficient (Wildman–Crippen LogP) is 1.94. The van der Waals surface area contributed by atoms with Gasteiger partial charge in [0.2, 0.25) is 5.43 Å². The number of para-hydroxylation sites is 1. The number of aromatic nitrogens is 4. The van der Waals surface area contributed by atoms with Crippen molar-refractivity contribution in [2.45, 2.75) is 20.0 Å². The van der Waals surface area contributed by atoms with Crippen LogP contribution in [0.3, 0.4) is 0 Å². The lowest BCUT2D eigenvalue weighted by molar-refractivity contribution is -0.137. The topological polar surface area (TPSA) is 136 Å². The maximum absolute atomic E-state index is 13.4. The molecule has 0 aliphatic rings. The number of halogens is 3. The van der Waals surface area contributed by atoms with Gasteiger partial charge in [-0.25, -0.2) is 4.68 Å². The highest BCUT2D eigenvalue weighted by Crippen LogP contribution is 2.33. The number of rotatable bonds is 4. The van der Waals surface area contributed by atoms with Crippen molar-refractivity contribution in [3.05, 3.63) is 68.9 Å². The number of alkyl halides is 3. The zero-order chi connectivity index (χ0) is 22.2. The fourth-order valence-corrected chi connectivity index (χ4v) is 2.78. The van der Waals surface area contributed by atoms with Crippen molar-refractivity contribution in [1.29, 1.82) is 0 Å². The first kappa shape index (κ1) is 20.8. The van der Waals surface area contributed by atoms with Gasteiger partial charge in [-0.3, -0.25) is 19.5 Å². The van der Waals surface area contributed by atoms with E-state index in [1.54, 1.807) is 0 Å². The number of benzene rings is 1. The monoisotopic (exact) mass is 420 g/mol. The van der Waals surface area contributed by atoms with E-state index in [1.165, 1.54) is 32.0 Å². The second-order valence-electron chi connectivity index (χ2n) is 6.32. The first-order valence-electron chi connectivity index (χ1n) is 8.44. The van der Waals surface area contributed by atoms with Gasteiger partial charge in [-0.2, -0.15) is 23.4 Å². The largest absolute Gasteiger partial charge is 0.418 e. The van der Waals surface area contributed by atoms with Crippen LogP contribution in [0.25, 0.3) is 5.69 Å². The summed E-state index contributed by atoms with van der Waals surface area (Å²) in [5, 5.41) is 12.3. The van der Waals surface area contributed by atoms with Crippen molar-refractivity contribution in [1.82, 2.24) is 20.0 Å². The minimum Gasteiger partial charge on any atom is -0.364 e. The number of amides is 2. The van der Waals surface area contributed by atoms with Gasteiger partial charge in [0.15, 0.2) is 11.4 Å². The van der Waals surface area contributed by atoms with Crippen LogP contribution in [-0.4, -0.2) is 31.8 Å². The minimum atomic E-state index is -4.68. The van der Waals surface area contributed by atoms with Crippen LogP contribution in [0.5, 0.6) is 0 Å². The molecule has 0 saturated carbocycles. The summed E-state index contributed by atoms with van der Waals surface area (Å²) in [4.78, 5) is 36.4. The number of primary amides is 1. The van der Waals surface area contributed by atoms with Crippen LogP contribution >= 0.6 is 0 Å². The number of aromatic amines is 1. The third kappa shape index (κ3) is 3.79. The van der Waals surface area contributed by atoms with Crippen molar-refractivity contribution in [2.24, 2.45) is 5.73 Å². The molecular formula is C18H15F3N6O3. The SMILES string of the molecule is Cc1[nH]nc(C(N)=O)c1NC(=O)c1nn(-c2ccccc2C(F)(F)F)c(C)cc1=O. The number of nitrogens with two attached hydrogens (primary N) is 1. The standard InChI is InChI=1S/C18H15F3N6O3/c1-8-7-12(28)14(17(30)23-13-9(2)24-25-15(13)16(22)29)26-27(8)11-6-4-3-5-10(11)18(19,20)21/h3-7H,1-2H3,(H2,22,29)(H,23,30)(H,24,25). The summed E-state index contributed by atoms with van der Waals surface area (Å²) in [5.41, 5.74) is 2.41. The Morgan fingerprint density at radius 1 is 1.17 bits per heavy atom. The van der Waals surface area contributed by atoms with Crippen LogP contribution < -0.4 is 16.5 Å². The van der Waals surface area contributed by atoms with E-state index in [0.29, 0.717) is 0 Å². The molecule has 9 nitrogen and oxygen atoms in total. The van der Waals surface area contributed by atoms with Gasteiger partial charge in [-0.1, -0.05) is 12.1 Å². The van der Waals surface area contributed by atoms with Crippen molar-refractivity contribution in [3.63, 3.8) is 0 Å². The Morgan fingerprint density at radius 3 is 2.47 bits per heavy atom. The quantitative estimate of drug-likeness (QED) is 0.593. The number of nitrogens with one attached hydrogen (secondary N) is 2. The number of nitrogens with zero attached hydrogens (tertiary/aromatic N) is 3. The molecule has 0 aliphatic heterocycles. The van der Waals surface area contributed by atoms with Crippen molar-refractivity contribution in [2.75, 3.05) is 5.32 Å². The molecule has 156 valence electrons. The zero-order valence-corrected chi connectivity index (χ0v) is 15.7. The number of H-pyrrole nitrogens is 1. The molecule has 0 aliphatic carbocycles. The van der Waals surface area contributed by atoms with E-state index < -0.39 is 34.7 Å². The van der Waals surface area contributed by atoms with E-state index >= 15 is 0 Å². The third-order valence-corrected chi connectivity index (χ3v) is 4.18.